The average Bonchev–Trinajstić information content (AvgIpc) is 3.14. The first-order valence-electron chi connectivity index (χ1n) is 9.35. The molecule has 0 bridgehead atoms. The van der Waals surface area contributed by atoms with Crippen molar-refractivity contribution < 1.29 is 9.47 Å². The first kappa shape index (κ1) is 19.3. The van der Waals surface area contributed by atoms with Gasteiger partial charge in [-0.05, 0) is 18.2 Å². The van der Waals surface area contributed by atoms with E-state index in [4.69, 9.17) is 9.47 Å². The van der Waals surface area contributed by atoms with Crippen molar-refractivity contribution in [2.75, 3.05) is 24.9 Å². The lowest BCUT2D eigenvalue weighted by Gasteiger charge is -2.11. The normalized spacial score (nSPS) is 10.5. The molecule has 0 aliphatic rings. The van der Waals surface area contributed by atoms with E-state index in [1.54, 1.807) is 31.2 Å². The van der Waals surface area contributed by atoms with Crippen molar-refractivity contribution in [1.82, 2.24) is 19.7 Å². The van der Waals surface area contributed by atoms with Crippen molar-refractivity contribution in [3.8, 4) is 22.8 Å². The van der Waals surface area contributed by atoms with E-state index < -0.39 is 0 Å². The van der Waals surface area contributed by atoms with E-state index >= 15 is 0 Å². The summed E-state index contributed by atoms with van der Waals surface area (Å²) < 4.78 is 12.4. The number of aryl methyl sites for hydroxylation is 1. The van der Waals surface area contributed by atoms with Crippen molar-refractivity contribution in [3.05, 3.63) is 66.9 Å². The Bertz CT molecular complexity index is 1140. The molecule has 4 aromatic rings. The maximum Gasteiger partial charge on any atom is 0.229 e. The molecule has 0 unspecified atom stereocenters. The smallest absolute Gasteiger partial charge is 0.229 e. The van der Waals surface area contributed by atoms with Crippen molar-refractivity contribution in [2.24, 2.45) is 7.05 Å². The number of ether oxygens (including phenoxy) is 2. The third-order valence-corrected chi connectivity index (χ3v) is 4.50. The predicted octanol–water partition coefficient (Wildman–Crippen LogP) is 4.38. The molecule has 2 aromatic heterocycles. The zero-order valence-electron chi connectivity index (χ0n) is 17.0. The molecule has 0 saturated heterocycles. The molecular formula is C22H22N6O2. The summed E-state index contributed by atoms with van der Waals surface area (Å²) in [5.41, 5.74) is 2.73. The predicted molar refractivity (Wildman–Crippen MR) is 117 cm³/mol. The number of methoxy groups -OCH3 is 2. The fraction of sp³-hybridized carbons (Fsp3) is 0.136. The van der Waals surface area contributed by atoms with Crippen LogP contribution in [0.1, 0.15) is 0 Å². The van der Waals surface area contributed by atoms with Crippen molar-refractivity contribution in [1.29, 1.82) is 0 Å². The van der Waals surface area contributed by atoms with Crippen molar-refractivity contribution in [2.45, 2.75) is 0 Å². The van der Waals surface area contributed by atoms with Crippen LogP contribution in [-0.4, -0.2) is 34.0 Å². The Morgan fingerprint density at radius 3 is 2.43 bits per heavy atom. The van der Waals surface area contributed by atoms with Gasteiger partial charge in [0, 0.05) is 36.6 Å². The maximum atomic E-state index is 5.34. The molecular weight excluding hydrogens is 380 g/mol. The summed E-state index contributed by atoms with van der Waals surface area (Å²) >= 11 is 0. The molecule has 8 heteroatoms. The molecule has 0 atom stereocenters. The highest BCUT2D eigenvalue weighted by Crippen LogP contribution is 2.31. The monoisotopic (exact) mass is 402 g/mol. The number of hydrogen-bond acceptors (Lipinski definition) is 7. The van der Waals surface area contributed by atoms with Gasteiger partial charge in [0.2, 0.25) is 5.95 Å². The van der Waals surface area contributed by atoms with E-state index in [9.17, 15) is 0 Å². The fourth-order valence-electron chi connectivity index (χ4n) is 3.00. The summed E-state index contributed by atoms with van der Waals surface area (Å²) in [6, 6.07) is 19.3. The van der Waals surface area contributed by atoms with Crippen LogP contribution < -0.4 is 20.1 Å². The van der Waals surface area contributed by atoms with E-state index in [-0.39, 0.29) is 0 Å². The molecule has 0 radical (unpaired) electrons. The Morgan fingerprint density at radius 2 is 1.67 bits per heavy atom. The minimum Gasteiger partial charge on any atom is -0.493 e. The minimum atomic E-state index is 0.456. The first-order valence-corrected chi connectivity index (χ1v) is 9.35. The van der Waals surface area contributed by atoms with Gasteiger partial charge < -0.3 is 20.1 Å². The van der Waals surface area contributed by atoms with E-state index in [1.165, 1.54) is 0 Å². The first-order chi connectivity index (χ1) is 14.7. The summed E-state index contributed by atoms with van der Waals surface area (Å²) in [5, 5.41) is 11.0. The molecule has 4 rings (SSSR count). The molecule has 2 heterocycles. The molecule has 0 aliphatic carbocycles. The van der Waals surface area contributed by atoms with Gasteiger partial charge in [-0.15, -0.1) is 0 Å². The van der Waals surface area contributed by atoms with Gasteiger partial charge in [0.1, 0.15) is 11.6 Å². The lowest BCUT2D eigenvalue weighted by Crippen LogP contribution is -2.03. The highest BCUT2D eigenvalue weighted by molar-refractivity contribution is 5.66. The quantitative estimate of drug-likeness (QED) is 0.474. The van der Waals surface area contributed by atoms with Crippen LogP contribution in [0.4, 0.5) is 23.3 Å². The molecule has 8 nitrogen and oxygen atoms in total. The highest BCUT2D eigenvalue weighted by Gasteiger charge is 2.09. The number of hydrogen-bond donors (Lipinski definition) is 2. The molecule has 0 amide bonds. The Kier molecular flexibility index (Phi) is 5.47. The third-order valence-electron chi connectivity index (χ3n) is 4.50. The Morgan fingerprint density at radius 1 is 0.867 bits per heavy atom. The second kappa shape index (κ2) is 8.52. The van der Waals surface area contributed by atoms with E-state index in [1.807, 2.05) is 61.6 Å². The maximum absolute atomic E-state index is 5.34. The summed E-state index contributed by atoms with van der Waals surface area (Å²) in [6.45, 7) is 0. The van der Waals surface area contributed by atoms with Crippen molar-refractivity contribution in [3.63, 3.8) is 0 Å². The second-order valence-electron chi connectivity index (χ2n) is 6.49. The van der Waals surface area contributed by atoms with Gasteiger partial charge >= 0.3 is 0 Å². The van der Waals surface area contributed by atoms with Crippen LogP contribution in [0.3, 0.4) is 0 Å². The molecule has 0 saturated carbocycles. The summed E-state index contributed by atoms with van der Waals surface area (Å²) in [5.74, 6) is 3.21. The summed E-state index contributed by atoms with van der Waals surface area (Å²) in [6.07, 6.45) is 1.69. The lowest BCUT2D eigenvalue weighted by molar-refractivity contribution is 0.355. The third kappa shape index (κ3) is 4.17. The van der Waals surface area contributed by atoms with Crippen LogP contribution in [0.5, 0.6) is 11.5 Å². The van der Waals surface area contributed by atoms with Crippen molar-refractivity contribution >= 4 is 23.3 Å². The minimum absolute atomic E-state index is 0.456. The van der Waals surface area contributed by atoms with Crippen LogP contribution in [0.25, 0.3) is 11.3 Å². The molecule has 0 aliphatic heterocycles. The molecule has 2 aromatic carbocycles. The Hall–Kier alpha value is -4.07. The van der Waals surface area contributed by atoms with Crippen LogP contribution in [0, 0.1) is 0 Å². The van der Waals surface area contributed by atoms with Gasteiger partial charge in [0.05, 0.1) is 19.9 Å². The van der Waals surface area contributed by atoms with Gasteiger partial charge in [-0.2, -0.15) is 10.1 Å². The van der Waals surface area contributed by atoms with Crippen LogP contribution >= 0.6 is 0 Å². The number of nitrogens with zero attached hydrogens (tertiary/aromatic N) is 4. The Labute approximate surface area is 174 Å². The number of rotatable bonds is 7. The molecule has 0 fully saturated rings. The largest absolute Gasteiger partial charge is 0.493 e. The van der Waals surface area contributed by atoms with Crippen LogP contribution in [0.15, 0.2) is 66.9 Å². The van der Waals surface area contributed by atoms with E-state index in [0.29, 0.717) is 23.3 Å². The number of anilines is 4. The zero-order chi connectivity index (χ0) is 20.9. The standard InChI is InChI=1S/C22H22N6O2/c1-28-21(14-17(27-28)15-7-5-4-6-8-15)25-20-11-12-23-22(26-20)24-16-9-10-18(29-2)19(13-16)30-3/h4-14H,1-3H3,(H2,23,24,25,26). The highest BCUT2D eigenvalue weighted by atomic mass is 16.5. The van der Waals surface area contributed by atoms with Crippen LogP contribution in [0.2, 0.25) is 0 Å². The van der Waals surface area contributed by atoms with Crippen LogP contribution in [-0.2, 0) is 7.05 Å². The zero-order valence-corrected chi connectivity index (χ0v) is 17.0. The molecule has 0 spiro atoms. The van der Waals surface area contributed by atoms with E-state index in [0.717, 1.165) is 22.8 Å². The average molecular weight is 402 g/mol. The summed E-state index contributed by atoms with van der Waals surface area (Å²) in [7, 11) is 5.09. The molecule has 152 valence electrons. The second-order valence-corrected chi connectivity index (χ2v) is 6.49. The SMILES string of the molecule is COc1ccc(Nc2nccc(Nc3cc(-c4ccccc4)nn3C)n2)cc1OC. The lowest BCUT2D eigenvalue weighted by atomic mass is 10.2. The van der Waals surface area contributed by atoms with Gasteiger partial charge in [-0.3, -0.25) is 4.68 Å². The molecule has 30 heavy (non-hydrogen) atoms. The molecule has 2 N–H and O–H groups in total. The van der Waals surface area contributed by atoms with Gasteiger partial charge in [0.15, 0.2) is 11.5 Å². The van der Waals surface area contributed by atoms with Gasteiger partial charge in [0.25, 0.3) is 0 Å². The Balaban J connectivity index is 1.53. The number of nitrogens with one attached hydrogen (secondary N) is 2. The topological polar surface area (TPSA) is 86.1 Å². The van der Waals surface area contributed by atoms with Gasteiger partial charge in [-0.25, -0.2) is 4.98 Å². The fourth-order valence-corrected chi connectivity index (χ4v) is 3.00. The summed E-state index contributed by atoms with van der Waals surface area (Å²) in [4.78, 5) is 8.83. The van der Waals surface area contributed by atoms with Gasteiger partial charge in [-0.1, -0.05) is 30.3 Å². The number of aromatic nitrogens is 4. The van der Waals surface area contributed by atoms with E-state index in [2.05, 4.69) is 25.7 Å². The number of benzene rings is 2.